The number of rotatable bonds is 7. The van der Waals surface area contributed by atoms with Crippen LogP contribution in [-0.4, -0.2) is 49.9 Å². The van der Waals surface area contributed by atoms with E-state index < -0.39 is 12.1 Å². The Bertz CT molecular complexity index is 1030. The topological polar surface area (TPSA) is 128 Å². The normalized spacial score (nSPS) is 26.3. The van der Waals surface area contributed by atoms with E-state index in [9.17, 15) is 14.7 Å². The molecule has 3 fully saturated rings. The molecule has 3 aliphatic rings. The lowest BCUT2D eigenvalue weighted by molar-refractivity contribution is -0.139. The minimum atomic E-state index is -0.730. The second-order valence-corrected chi connectivity index (χ2v) is 8.70. The second kappa shape index (κ2) is 7.51. The number of fused-ring (bicyclic) bond motifs is 1. The summed E-state index contributed by atoms with van der Waals surface area (Å²) in [6.07, 6.45) is 3.32. The molecule has 0 radical (unpaired) electrons. The van der Waals surface area contributed by atoms with E-state index in [0.29, 0.717) is 41.2 Å². The number of aryl methyl sites for hydroxylation is 2. The summed E-state index contributed by atoms with van der Waals surface area (Å²) in [4.78, 5) is 28.0. The first kappa shape index (κ1) is 19.8. The summed E-state index contributed by atoms with van der Waals surface area (Å²) in [5, 5.41) is 20.1. The van der Waals surface area contributed by atoms with Crippen LogP contribution in [0.2, 0.25) is 0 Å². The first-order chi connectivity index (χ1) is 14.9. The fourth-order valence-corrected chi connectivity index (χ4v) is 4.56. The maximum atomic E-state index is 12.1. The van der Waals surface area contributed by atoms with Crippen LogP contribution in [0.15, 0.2) is 12.1 Å². The van der Waals surface area contributed by atoms with Crippen molar-refractivity contribution in [2.24, 2.45) is 30.7 Å². The Labute approximate surface area is 178 Å². The van der Waals surface area contributed by atoms with E-state index in [0.717, 1.165) is 25.7 Å². The summed E-state index contributed by atoms with van der Waals surface area (Å²) in [5.41, 5.74) is 1.66. The van der Waals surface area contributed by atoms with Crippen molar-refractivity contribution in [3.63, 3.8) is 0 Å². The highest BCUT2D eigenvalue weighted by Gasteiger charge is 2.63. The average molecular weight is 427 g/mol. The Balaban J connectivity index is 1.29. The van der Waals surface area contributed by atoms with Crippen molar-refractivity contribution in [1.29, 1.82) is 0 Å². The van der Waals surface area contributed by atoms with Crippen LogP contribution in [0.4, 0.5) is 10.6 Å². The number of hydrogen-bond acceptors (Lipinski definition) is 7. The number of carboxylic acid groups (broad SMARTS) is 1. The van der Waals surface area contributed by atoms with E-state index in [1.807, 2.05) is 13.0 Å². The van der Waals surface area contributed by atoms with E-state index in [1.165, 1.54) is 4.68 Å². The molecule has 4 atom stereocenters. The molecule has 10 nitrogen and oxygen atoms in total. The van der Waals surface area contributed by atoms with Crippen LogP contribution in [0.1, 0.15) is 31.4 Å². The molecule has 2 N–H and O–H groups in total. The van der Waals surface area contributed by atoms with Crippen molar-refractivity contribution in [3.05, 3.63) is 17.8 Å². The van der Waals surface area contributed by atoms with Crippen LogP contribution in [0, 0.1) is 30.6 Å². The van der Waals surface area contributed by atoms with Gasteiger partial charge in [-0.05, 0) is 56.6 Å². The molecular formula is C21H25N5O5. The zero-order valence-electron chi connectivity index (χ0n) is 17.4. The summed E-state index contributed by atoms with van der Waals surface area (Å²) < 4.78 is 12.8. The molecule has 3 aliphatic carbocycles. The molecule has 0 aromatic carbocycles. The van der Waals surface area contributed by atoms with Gasteiger partial charge in [0.1, 0.15) is 11.9 Å². The Morgan fingerprint density at radius 2 is 2.06 bits per heavy atom. The fourth-order valence-electron chi connectivity index (χ4n) is 4.56. The molecule has 2 unspecified atom stereocenters. The van der Waals surface area contributed by atoms with Gasteiger partial charge in [0.2, 0.25) is 0 Å². The molecule has 2 heterocycles. The zero-order valence-corrected chi connectivity index (χ0v) is 17.4. The monoisotopic (exact) mass is 427 g/mol. The predicted octanol–water partition coefficient (Wildman–Crippen LogP) is 2.63. The number of hydrogen-bond donors (Lipinski definition) is 2. The van der Waals surface area contributed by atoms with Gasteiger partial charge in [-0.3, -0.25) is 10.1 Å². The van der Waals surface area contributed by atoms with Crippen LogP contribution in [0.5, 0.6) is 5.75 Å². The number of carbonyl (C=O) groups excluding carboxylic acids is 1. The lowest BCUT2D eigenvalue weighted by Crippen LogP contribution is -2.20. The second-order valence-electron chi connectivity index (χ2n) is 8.70. The number of amides is 1. The maximum absolute atomic E-state index is 12.1. The van der Waals surface area contributed by atoms with E-state index >= 15 is 0 Å². The van der Waals surface area contributed by atoms with E-state index in [1.54, 1.807) is 13.1 Å². The number of nitrogens with one attached hydrogen (secondary N) is 1. The van der Waals surface area contributed by atoms with Crippen LogP contribution in [0.25, 0.3) is 11.4 Å². The third kappa shape index (κ3) is 3.82. The minimum Gasteiger partial charge on any atom is -0.488 e. The van der Waals surface area contributed by atoms with E-state index in [-0.39, 0.29) is 23.9 Å². The SMILES string of the molecule is Cc1nc(-c2nnn(C)c2NC(=O)OCC2CC2)ccc1O[C@@H]1CCC2C(C(=O)O)[C@H]21. The lowest BCUT2D eigenvalue weighted by Gasteiger charge is -2.18. The van der Waals surface area contributed by atoms with E-state index in [4.69, 9.17) is 9.47 Å². The van der Waals surface area contributed by atoms with Gasteiger partial charge in [-0.1, -0.05) is 5.21 Å². The Kier molecular flexibility index (Phi) is 4.79. The summed E-state index contributed by atoms with van der Waals surface area (Å²) in [6, 6.07) is 3.58. The third-order valence-electron chi connectivity index (χ3n) is 6.48. The van der Waals surface area contributed by atoms with Gasteiger partial charge in [0.15, 0.2) is 11.5 Å². The van der Waals surface area contributed by atoms with Crippen LogP contribution in [0.3, 0.4) is 0 Å². The van der Waals surface area contributed by atoms with Gasteiger partial charge >= 0.3 is 12.1 Å². The number of carbonyl (C=O) groups is 2. The molecular weight excluding hydrogens is 402 g/mol. The number of nitrogens with zero attached hydrogens (tertiary/aromatic N) is 4. The average Bonchev–Trinajstić information content (AvgIpc) is 3.63. The molecule has 3 saturated carbocycles. The fraction of sp³-hybridized carbons (Fsp3) is 0.571. The number of ether oxygens (including phenoxy) is 2. The Hall–Kier alpha value is -3.17. The Morgan fingerprint density at radius 3 is 2.74 bits per heavy atom. The maximum Gasteiger partial charge on any atom is 0.412 e. The first-order valence-electron chi connectivity index (χ1n) is 10.6. The summed E-state index contributed by atoms with van der Waals surface area (Å²) >= 11 is 0. The third-order valence-corrected chi connectivity index (χ3v) is 6.48. The predicted molar refractivity (Wildman–Crippen MR) is 108 cm³/mol. The summed E-state index contributed by atoms with van der Waals surface area (Å²) in [7, 11) is 1.68. The quantitative estimate of drug-likeness (QED) is 0.690. The molecule has 0 saturated heterocycles. The van der Waals surface area contributed by atoms with Crippen molar-refractivity contribution in [2.45, 2.75) is 38.7 Å². The highest BCUT2D eigenvalue weighted by atomic mass is 16.5. The van der Waals surface area contributed by atoms with Gasteiger partial charge in [0.05, 0.1) is 23.9 Å². The van der Waals surface area contributed by atoms with Crippen LogP contribution >= 0.6 is 0 Å². The number of anilines is 1. The van der Waals surface area contributed by atoms with Crippen molar-refractivity contribution in [2.75, 3.05) is 11.9 Å². The number of aromatic nitrogens is 4. The summed E-state index contributed by atoms with van der Waals surface area (Å²) in [6.45, 7) is 2.25. The van der Waals surface area contributed by atoms with Gasteiger partial charge in [-0.15, -0.1) is 5.10 Å². The number of carboxylic acids is 1. The number of aliphatic carboxylic acids is 1. The highest BCUT2D eigenvalue weighted by Crippen LogP contribution is 2.58. The van der Waals surface area contributed by atoms with Crippen molar-refractivity contribution in [3.8, 4) is 17.1 Å². The molecule has 2 aromatic rings. The zero-order chi connectivity index (χ0) is 21.7. The van der Waals surface area contributed by atoms with Crippen molar-refractivity contribution in [1.82, 2.24) is 20.0 Å². The molecule has 164 valence electrons. The first-order valence-corrected chi connectivity index (χ1v) is 10.6. The van der Waals surface area contributed by atoms with Crippen molar-refractivity contribution >= 4 is 17.9 Å². The molecule has 31 heavy (non-hydrogen) atoms. The van der Waals surface area contributed by atoms with Crippen LogP contribution < -0.4 is 10.1 Å². The lowest BCUT2D eigenvalue weighted by atomic mass is 10.1. The highest BCUT2D eigenvalue weighted by molar-refractivity contribution is 5.88. The molecule has 5 rings (SSSR count). The van der Waals surface area contributed by atoms with Gasteiger partial charge in [0.25, 0.3) is 0 Å². The van der Waals surface area contributed by atoms with Crippen molar-refractivity contribution < 1.29 is 24.2 Å². The van der Waals surface area contributed by atoms with Gasteiger partial charge in [-0.25, -0.2) is 14.5 Å². The van der Waals surface area contributed by atoms with Crippen LogP contribution in [-0.2, 0) is 16.6 Å². The molecule has 2 aromatic heterocycles. The smallest absolute Gasteiger partial charge is 0.412 e. The minimum absolute atomic E-state index is 0.0903. The molecule has 0 bridgehead atoms. The van der Waals surface area contributed by atoms with Gasteiger partial charge < -0.3 is 14.6 Å². The largest absolute Gasteiger partial charge is 0.488 e. The van der Waals surface area contributed by atoms with E-state index in [2.05, 4.69) is 20.6 Å². The van der Waals surface area contributed by atoms with Gasteiger partial charge in [0, 0.05) is 13.0 Å². The standard InChI is InChI=1S/C21H25N5O5/c1-10-14(31-15-7-5-12-16(15)17(12)20(27)28)8-6-13(22-10)18-19(26(2)25-24-18)23-21(29)30-9-11-3-4-11/h6,8,11-12,15-17H,3-5,7,9H2,1-2H3,(H,23,29)(H,27,28)/t12?,15-,16-,17?/m1/s1. The molecule has 0 spiro atoms. The van der Waals surface area contributed by atoms with Gasteiger partial charge in [-0.2, -0.15) is 0 Å². The molecule has 10 heteroatoms. The summed E-state index contributed by atoms with van der Waals surface area (Å²) in [5.74, 6) is 0.834. The molecule has 0 aliphatic heterocycles. The number of pyridine rings is 1. The Morgan fingerprint density at radius 1 is 1.26 bits per heavy atom. The molecule has 1 amide bonds.